The number of fused-ring (bicyclic) bond motifs is 1. The number of aliphatic hydroxyl groups excluding tert-OH is 1. The van der Waals surface area contributed by atoms with E-state index in [4.69, 9.17) is 4.74 Å². The van der Waals surface area contributed by atoms with E-state index in [1.165, 1.54) is 11.1 Å². The van der Waals surface area contributed by atoms with Gasteiger partial charge in [0, 0.05) is 12.3 Å². The molecule has 1 fully saturated rings. The molecule has 0 saturated carbocycles. The molecule has 0 aromatic carbocycles. The third-order valence-corrected chi connectivity index (χ3v) is 5.03. The molecule has 0 aromatic rings. The van der Waals surface area contributed by atoms with Crippen LogP contribution in [0.1, 0.15) is 59.8 Å². The lowest BCUT2D eigenvalue weighted by Gasteiger charge is -2.17. The summed E-state index contributed by atoms with van der Waals surface area (Å²) in [7, 11) is 0. The molecule has 23 heavy (non-hydrogen) atoms. The molecule has 1 aliphatic carbocycles. The van der Waals surface area contributed by atoms with E-state index >= 15 is 0 Å². The Labute approximate surface area is 140 Å². The number of hydrogen-bond donors (Lipinski definition) is 1. The van der Waals surface area contributed by atoms with Crippen molar-refractivity contribution < 1.29 is 14.6 Å². The lowest BCUT2D eigenvalue weighted by Crippen LogP contribution is -2.28. The number of hydrogen-bond acceptors (Lipinski definition) is 3. The summed E-state index contributed by atoms with van der Waals surface area (Å²) in [6, 6.07) is 0. The number of allylic oxidation sites excluding steroid dienone is 4. The average molecular weight is 318 g/mol. The van der Waals surface area contributed by atoms with Crippen LogP contribution in [0.15, 0.2) is 35.5 Å². The lowest BCUT2D eigenvalue weighted by molar-refractivity contribution is -0.123. The molecule has 3 heteroatoms. The molecule has 2 rings (SSSR count). The molecule has 3 nitrogen and oxygen atoms in total. The normalized spacial score (nSPS) is 40.9. The largest absolute Gasteiger partial charge is 0.389 e. The second kappa shape index (κ2) is 7.14. The third kappa shape index (κ3) is 4.65. The number of ether oxygens (including phenoxy) is 1. The maximum atomic E-state index is 12.8. The van der Waals surface area contributed by atoms with Gasteiger partial charge in [0.2, 0.25) is 0 Å². The summed E-state index contributed by atoms with van der Waals surface area (Å²) in [5.74, 6) is -0.0275. The van der Waals surface area contributed by atoms with E-state index in [9.17, 15) is 9.90 Å². The first-order chi connectivity index (χ1) is 10.7. The summed E-state index contributed by atoms with van der Waals surface area (Å²) in [5.41, 5.74) is 2.87. The van der Waals surface area contributed by atoms with Crippen LogP contribution in [-0.2, 0) is 9.53 Å². The quantitative estimate of drug-likeness (QED) is 0.584. The lowest BCUT2D eigenvalue weighted by atomic mass is 9.84. The van der Waals surface area contributed by atoms with Gasteiger partial charge in [0.1, 0.15) is 11.7 Å². The van der Waals surface area contributed by atoms with Crippen LogP contribution in [-0.4, -0.2) is 28.7 Å². The van der Waals surface area contributed by atoms with Crippen molar-refractivity contribution >= 4 is 5.78 Å². The molecular formula is C20H30O3. The van der Waals surface area contributed by atoms with Crippen LogP contribution in [0.5, 0.6) is 0 Å². The van der Waals surface area contributed by atoms with Gasteiger partial charge in [0.05, 0.1) is 6.10 Å². The number of carbonyl (C=O) groups excluding carboxylic acids is 1. The molecule has 0 radical (unpaired) electrons. The summed E-state index contributed by atoms with van der Waals surface area (Å²) in [5, 5.41) is 10.3. The van der Waals surface area contributed by atoms with Crippen LogP contribution >= 0.6 is 0 Å². The molecule has 0 spiro atoms. The Morgan fingerprint density at radius 3 is 2.70 bits per heavy atom. The fourth-order valence-corrected chi connectivity index (χ4v) is 3.47. The van der Waals surface area contributed by atoms with Gasteiger partial charge in [-0.3, -0.25) is 4.79 Å². The first-order valence-corrected chi connectivity index (χ1v) is 8.61. The van der Waals surface area contributed by atoms with Crippen LogP contribution in [0.4, 0.5) is 0 Å². The number of epoxide rings is 1. The molecule has 1 N–H and O–H groups in total. The van der Waals surface area contributed by atoms with Gasteiger partial charge in [-0.25, -0.2) is 0 Å². The Hall–Kier alpha value is -1.19. The summed E-state index contributed by atoms with van der Waals surface area (Å²) in [4.78, 5) is 12.8. The van der Waals surface area contributed by atoms with Crippen LogP contribution in [0.2, 0.25) is 0 Å². The minimum atomic E-state index is -0.561. The zero-order chi connectivity index (χ0) is 17.2. The number of aliphatic hydroxyl groups is 1. The van der Waals surface area contributed by atoms with Gasteiger partial charge >= 0.3 is 0 Å². The smallest absolute Gasteiger partial charge is 0.171 e. The second-order valence-electron chi connectivity index (χ2n) is 7.52. The highest BCUT2D eigenvalue weighted by Crippen LogP contribution is 2.43. The minimum absolute atomic E-state index is 0.123. The summed E-state index contributed by atoms with van der Waals surface area (Å²) >= 11 is 0. The van der Waals surface area contributed by atoms with Gasteiger partial charge in [-0.2, -0.15) is 0 Å². The molecule has 0 bridgehead atoms. The van der Waals surface area contributed by atoms with E-state index in [-0.39, 0.29) is 11.7 Å². The zero-order valence-corrected chi connectivity index (χ0v) is 14.9. The van der Waals surface area contributed by atoms with Gasteiger partial charge < -0.3 is 9.84 Å². The Bertz CT molecular complexity index is 543. The van der Waals surface area contributed by atoms with Crippen LogP contribution in [0.25, 0.3) is 0 Å². The van der Waals surface area contributed by atoms with Gasteiger partial charge in [-0.05, 0) is 53.4 Å². The standard InChI is InChI=1S/C20H30O3/c1-13(2)17-10-9-14(3)7-6-8-15(4)11-16(21)12-20(5)19(23-20)18(17)22/h7,11,16-17,19,21H,1,6,8-10,12H2,2-5H3/b14-7+,15-11+/t16-,17?,19+,20+/m0/s1. The Balaban J connectivity index is 2.21. The van der Waals surface area contributed by atoms with Gasteiger partial charge in [0.15, 0.2) is 5.78 Å². The zero-order valence-electron chi connectivity index (χ0n) is 14.9. The van der Waals surface area contributed by atoms with Crippen LogP contribution in [0, 0.1) is 5.92 Å². The fourth-order valence-electron chi connectivity index (χ4n) is 3.47. The van der Waals surface area contributed by atoms with Crippen molar-refractivity contribution in [2.24, 2.45) is 5.92 Å². The molecule has 1 heterocycles. The van der Waals surface area contributed by atoms with E-state index < -0.39 is 17.8 Å². The predicted octanol–water partition coefficient (Wildman–Crippen LogP) is 4.12. The van der Waals surface area contributed by atoms with Crippen molar-refractivity contribution in [2.45, 2.75) is 77.6 Å². The van der Waals surface area contributed by atoms with Crippen molar-refractivity contribution in [1.29, 1.82) is 0 Å². The number of ketones is 1. The first-order valence-electron chi connectivity index (χ1n) is 8.61. The summed E-state index contributed by atoms with van der Waals surface area (Å²) in [6.07, 6.45) is 7.29. The van der Waals surface area contributed by atoms with Crippen molar-refractivity contribution in [1.82, 2.24) is 0 Å². The van der Waals surface area contributed by atoms with Crippen molar-refractivity contribution in [3.63, 3.8) is 0 Å². The Morgan fingerprint density at radius 1 is 1.35 bits per heavy atom. The van der Waals surface area contributed by atoms with Gasteiger partial charge in [-0.15, -0.1) is 0 Å². The predicted molar refractivity (Wildman–Crippen MR) is 93.2 cm³/mol. The number of carbonyl (C=O) groups is 1. The SMILES string of the molecule is C=C(C)C1CC/C(C)=C/CC/C(C)=C/[C@H](O)C[C@@]2(C)O[C@@H]2C1=O. The van der Waals surface area contributed by atoms with E-state index in [0.717, 1.165) is 31.3 Å². The Morgan fingerprint density at radius 2 is 2.04 bits per heavy atom. The van der Waals surface area contributed by atoms with Crippen molar-refractivity contribution in [3.05, 3.63) is 35.5 Å². The molecular weight excluding hydrogens is 288 g/mol. The molecule has 0 amide bonds. The van der Waals surface area contributed by atoms with E-state index in [2.05, 4.69) is 19.6 Å². The third-order valence-electron chi connectivity index (χ3n) is 5.03. The van der Waals surface area contributed by atoms with Crippen molar-refractivity contribution in [2.75, 3.05) is 0 Å². The fraction of sp³-hybridized carbons (Fsp3) is 0.650. The number of rotatable bonds is 1. The molecule has 1 aliphatic heterocycles. The summed E-state index contributed by atoms with van der Waals surface area (Å²) < 4.78 is 5.71. The first kappa shape index (κ1) is 18.2. The van der Waals surface area contributed by atoms with Crippen molar-refractivity contribution in [3.8, 4) is 0 Å². The minimum Gasteiger partial charge on any atom is -0.389 e. The van der Waals surface area contributed by atoms with Crippen LogP contribution in [0.3, 0.4) is 0 Å². The molecule has 128 valence electrons. The molecule has 4 atom stereocenters. The molecule has 2 aliphatic rings. The molecule has 1 saturated heterocycles. The highest BCUT2D eigenvalue weighted by molar-refractivity contribution is 5.91. The van der Waals surface area contributed by atoms with E-state index in [1.807, 2.05) is 26.8 Å². The maximum absolute atomic E-state index is 12.8. The van der Waals surface area contributed by atoms with Gasteiger partial charge in [-0.1, -0.05) is 35.5 Å². The maximum Gasteiger partial charge on any atom is 0.171 e. The average Bonchev–Trinajstić information content (AvgIpc) is 3.08. The highest BCUT2D eigenvalue weighted by Gasteiger charge is 2.58. The van der Waals surface area contributed by atoms with E-state index in [1.54, 1.807) is 0 Å². The summed E-state index contributed by atoms with van der Waals surface area (Å²) in [6.45, 7) is 12.0. The van der Waals surface area contributed by atoms with Gasteiger partial charge in [0.25, 0.3) is 0 Å². The Kier molecular flexibility index (Phi) is 5.64. The monoisotopic (exact) mass is 318 g/mol. The van der Waals surface area contributed by atoms with E-state index in [0.29, 0.717) is 6.42 Å². The van der Waals surface area contributed by atoms with Crippen LogP contribution < -0.4 is 0 Å². The topological polar surface area (TPSA) is 49.8 Å². The molecule has 1 unspecified atom stereocenters. The second-order valence-corrected chi connectivity index (χ2v) is 7.52. The number of Topliss-reactive ketones (excluding diaryl/α,β-unsaturated/α-hetero) is 1. The highest BCUT2D eigenvalue weighted by atomic mass is 16.6. The molecule has 0 aromatic heterocycles.